The number of rotatable bonds is 4. The molecule has 0 fully saturated rings. The summed E-state index contributed by atoms with van der Waals surface area (Å²) in [5.74, 6) is 0. The van der Waals surface area contributed by atoms with Crippen LogP contribution in [0.1, 0.15) is 58.4 Å². The lowest BCUT2D eigenvalue weighted by Gasteiger charge is -2.26. The van der Waals surface area contributed by atoms with E-state index in [0.717, 1.165) is 0 Å². The van der Waals surface area contributed by atoms with Gasteiger partial charge in [-0.1, -0.05) is 196 Å². The second kappa shape index (κ2) is 12.0. The van der Waals surface area contributed by atoms with Gasteiger partial charge in [0, 0.05) is 5.41 Å². The molecule has 0 N–H and O–H groups in total. The van der Waals surface area contributed by atoms with E-state index in [1.165, 1.54) is 121 Å². The number of fused-ring (bicyclic) bond motifs is 12. The van der Waals surface area contributed by atoms with Gasteiger partial charge in [0.15, 0.2) is 0 Å². The van der Waals surface area contributed by atoms with Gasteiger partial charge in [-0.25, -0.2) is 0 Å². The molecule has 9 aromatic rings. The van der Waals surface area contributed by atoms with E-state index in [9.17, 15) is 0 Å². The number of hydrogen-bond donors (Lipinski definition) is 0. The molecule has 0 amide bonds. The van der Waals surface area contributed by atoms with Crippen LogP contribution in [0.5, 0.6) is 0 Å². The van der Waals surface area contributed by atoms with Gasteiger partial charge in [-0.3, -0.25) is 0 Å². The monoisotopic (exact) mass is 722 g/mol. The SMILES string of the molecule is CC1(C)c2ccccc2-c2cccc(C3=C4C(=C(c5ccccc5)c5cc6c7ccccc7c7ccccc7c6cc54)C(c4ccccc4)=C3c3ccccc3)c21. The molecule has 0 bridgehead atoms. The largest absolute Gasteiger partial charge is 0.0622 e. The Morgan fingerprint density at radius 3 is 1.21 bits per heavy atom. The highest BCUT2D eigenvalue weighted by Gasteiger charge is 2.44. The molecule has 0 saturated heterocycles. The molecule has 3 aliphatic carbocycles. The average Bonchev–Trinajstić information content (AvgIpc) is 3.87. The van der Waals surface area contributed by atoms with Crippen LogP contribution in [-0.4, -0.2) is 0 Å². The van der Waals surface area contributed by atoms with Crippen molar-refractivity contribution in [2.45, 2.75) is 19.3 Å². The van der Waals surface area contributed by atoms with E-state index in [2.05, 4.69) is 208 Å². The summed E-state index contributed by atoms with van der Waals surface area (Å²) < 4.78 is 0. The molecule has 0 atom stereocenters. The standard InChI is InChI=1S/C57H38/c1-57(2)49-32-17-16-29-42(49)43-30-18-31-44(56(43)57)53-51(36-21-8-4-9-22-36)52(37-23-10-5-11-24-37)55-50(35-19-6-3-7-20-35)47-33-45-40-27-14-12-25-38(40)39-26-13-15-28-41(39)46(45)34-48(47)54(53)55/h3-34H,1-2H3. The number of hydrogen-bond acceptors (Lipinski definition) is 0. The van der Waals surface area contributed by atoms with Crippen LogP contribution >= 0.6 is 0 Å². The maximum atomic E-state index is 2.55. The van der Waals surface area contributed by atoms with Crippen LogP contribution in [0.25, 0.3) is 71.3 Å². The van der Waals surface area contributed by atoms with Gasteiger partial charge in [0.1, 0.15) is 0 Å². The number of benzene rings is 9. The fourth-order valence-electron chi connectivity index (χ4n) is 10.7. The second-order valence-electron chi connectivity index (χ2n) is 16.3. The first-order valence-electron chi connectivity index (χ1n) is 20.1. The molecule has 9 aromatic carbocycles. The molecule has 266 valence electrons. The van der Waals surface area contributed by atoms with E-state index in [1.54, 1.807) is 0 Å². The van der Waals surface area contributed by atoms with Crippen LogP contribution in [0, 0.1) is 0 Å². The van der Waals surface area contributed by atoms with Gasteiger partial charge < -0.3 is 0 Å². The molecule has 3 aliphatic rings. The smallest absolute Gasteiger partial charge is 0.0165 e. The van der Waals surface area contributed by atoms with Crippen molar-refractivity contribution in [1.82, 2.24) is 0 Å². The minimum absolute atomic E-state index is 0.195. The second-order valence-corrected chi connectivity index (χ2v) is 16.3. The van der Waals surface area contributed by atoms with Gasteiger partial charge in [0.25, 0.3) is 0 Å². The highest BCUT2D eigenvalue weighted by Crippen LogP contribution is 2.64. The van der Waals surface area contributed by atoms with Gasteiger partial charge in [0.05, 0.1) is 0 Å². The van der Waals surface area contributed by atoms with Crippen molar-refractivity contribution in [1.29, 1.82) is 0 Å². The lowest BCUT2D eigenvalue weighted by molar-refractivity contribution is 0.659. The lowest BCUT2D eigenvalue weighted by Crippen LogP contribution is -2.17. The van der Waals surface area contributed by atoms with Gasteiger partial charge in [-0.15, -0.1) is 0 Å². The first-order valence-corrected chi connectivity index (χ1v) is 20.1. The molecule has 0 saturated carbocycles. The first kappa shape index (κ1) is 32.2. The molecular weight excluding hydrogens is 685 g/mol. The predicted octanol–water partition coefficient (Wildman–Crippen LogP) is 14.8. The molecule has 12 rings (SSSR count). The van der Waals surface area contributed by atoms with E-state index in [4.69, 9.17) is 0 Å². The van der Waals surface area contributed by atoms with Crippen molar-refractivity contribution in [3.05, 3.63) is 244 Å². The van der Waals surface area contributed by atoms with Crippen molar-refractivity contribution in [2.75, 3.05) is 0 Å². The van der Waals surface area contributed by atoms with E-state index in [0.29, 0.717) is 0 Å². The Morgan fingerprint density at radius 1 is 0.263 bits per heavy atom. The molecule has 0 spiro atoms. The Morgan fingerprint density at radius 2 is 0.649 bits per heavy atom. The molecule has 0 nitrogen and oxygen atoms in total. The van der Waals surface area contributed by atoms with E-state index in [1.807, 2.05) is 0 Å². The fourth-order valence-corrected chi connectivity index (χ4v) is 10.7. The number of allylic oxidation sites excluding steroid dienone is 5. The van der Waals surface area contributed by atoms with Crippen LogP contribution in [-0.2, 0) is 5.41 Å². The van der Waals surface area contributed by atoms with Crippen LogP contribution in [0.2, 0.25) is 0 Å². The minimum Gasteiger partial charge on any atom is -0.0622 e. The molecule has 0 aromatic heterocycles. The zero-order chi connectivity index (χ0) is 37.8. The van der Waals surface area contributed by atoms with Gasteiger partial charge in [0.2, 0.25) is 0 Å². The van der Waals surface area contributed by atoms with Gasteiger partial charge >= 0.3 is 0 Å². The third kappa shape index (κ3) is 4.44. The summed E-state index contributed by atoms with van der Waals surface area (Å²) in [6, 6.07) is 72.5. The van der Waals surface area contributed by atoms with E-state index in [-0.39, 0.29) is 5.41 Å². The fraction of sp³-hybridized carbons (Fsp3) is 0.0526. The van der Waals surface area contributed by atoms with Crippen LogP contribution in [0.4, 0.5) is 0 Å². The molecule has 57 heavy (non-hydrogen) atoms. The van der Waals surface area contributed by atoms with Gasteiger partial charge in [-0.05, 0) is 134 Å². The highest BCUT2D eigenvalue weighted by atomic mass is 14.5. The lowest BCUT2D eigenvalue weighted by atomic mass is 9.76. The Bertz CT molecular complexity index is 3260. The third-order valence-corrected chi connectivity index (χ3v) is 13.0. The molecule has 0 heteroatoms. The summed E-state index contributed by atoms with van der Waals surface area (Å²) in [5.41, 5.74) is 20.8. The van der Waals surface area contributed by atoms with Crippen LogP contribution in [0.3, 0.4) is 0 Å². The molecule has 0 aliphatic heterocycles. The first-order chi connectivity index (χ1) is 28.1. The Kier molecular flexibility index (Phi) is 6.78. The molecule has 0 heterocycles. The summed E-state index contributed by atoms with van der Waals surface area (Å²) in [5, 5.41) is 7.77. The topological polar surface area (TPSA) is 0 Å². The zero-order valence-electron chi connectivity index (χ0n) is 32.0. The Labute approximate surface area is 333 Å². The minimum atomic E-state index is -0.195. The quantitative estimate of drug-likeness (QED) is 0.159. The summed E-state index contributed by atoms with van der Waals surface area (Å²) >= 11 is 0. The normalized spacial score (nSPS) is 15.1. The summed E-state index contributed by atoms with van der Waals surface area (Å²) in [6.07, 6.45) is 0. The van der Waals surface area contributed by atoms with Crippen molar-refractivity contribution < 1.29 is 0 Å². The predicted molar refractivity (Wildman–Crippen MR) is 242 cm³/mol. The highest BCUT2D eigenvalue weighted by molar-refractivity contribution is 6.40. The summed E-state index contributed by atoms with van der Waals surface area (Å²) in [7, 11) is 0. The average molecular weight is 723 g/mol. The summed E-state index contributed by atoms with van der Waals surface area (Å²) in [4.78, 5) is 0. The maximum Gasteiger partial charge on any atom is 0.0165 e. The van der Waals surface area contributed by atoms with Crippen LogP contribution in [0.15, 0.2) is 200 Å². The van der Waals surface area contributed by atoms with Crippen molar-refractivity contribution in [3.8, 4) is 11.1 Å². The summed E-state index contributed by atoms with van der Waals surface area (Å²) in [6.45, 7) is 4.84. The van der Waals surface area contributed by atoms with Gasteiger partial charge in [-0.2, -0.15) is 0 Å². The van der Waals surface area contributed by atoms with E-state index >= 15 is 0 Å². The van der Waals surface area contributed by atoms with Crippen molar-refractivity contribution >= 4 is 60.2 Å². The molecular formula is C57H38. The zero-order valence-corrected chi connectivity index (χ0v) is 32.0. The molecule has 0 unspecified atom stereocenters. The van der Waals surface area contributed by atoms with Crippen molar-refractivity contribution in [2.24, 2.45) is 0 Å². The van der Waals surface area contributed by atoms with Crippen LogP contribution < -0.4 is 0 Å². The van der Waals surface area contributed by atoms with E-state index < -0.39 is 0 Å². The maximum absolute atomic E-state index is 2.55. The third-order valence-electron chi connectivity index (χ3n) is 13.0. The Hall–Kier alpha value is -7.02. The molecule has 0 radical (unpaired) electrons. The Balaban J connectivity index is 1.31. The van der Waals surface area contributed by atoms with Crippen molar-refractivity contribution in [3.63, 3.8) is 0 Å².